The van der Waals surface area contributed by atoms with Gasteiger partial charge in [-0.3, -0.25) is 4.79 Å². The largest absolute Gasteiger partial charge is 0.495 e. The van der Waals surface area contributed by atoms with Crippen molar-refractivity contribution in [1.29, 1.82) is 0 Å². The van der Waals surface area contributed by atoms with Gasteiger partial charge in [-0.2, -0.15) is 0 Å². The van der Waals surface area contributed by atoms with Crippen molar-refractivity contribution >= 4 is 15.9 Å². The zero-order chi connectivity index (χ0) is 24.2. The fourth-order valence-corrected chi connectivity index (χ4v) is 5.08. The maximum Gasteiger partial charge on any atom is 0.251 e. The Morgan fingerprint density at radius 1 is 1.00 bits per heavy atom. The first kappa shape index (κ1) is 24.9. The van der Waals surface area contributed by atoms with Crippen molar-refractivity contribution in [3.8, 4) is 17.2 Å². The van der Waals surface area contributed by atoms with E-state index in [0.717, 1.165) is 12.0 Å². The number of rotatable bonds is 8. The maximum absolute atomic E-state index is 13.2. The van der Waals surface area contributed by atoms with Gasteiger partial charge in [-0.1, -0.05) is 19.9 Å². The van der Waals surface area contributed by atoms with Gasteiger partial charge in [0.25, 0.3) is 5.91 Å². The Morgan fingerprint density at radius 3 is 2.33 bits per heavy atom. The van der Waals surface area contributed by atoms with E-state index in [1.165, 1.54) is 19.2 Å². The van der Waals surface area contributed by atoms with Crippen molar-refractivity contribution in [1.82, 2.24) is 10.0 Å². The number of hydrogen-bond acceptors (Lipinski definition) is 6. The number of ether oxygens (including phenoxy) is 3. The number of sulfonamides is 1. The minimum Gasteiger partial charge on any atom is -0.495 e. The van der Waals surface area contributed by atoms with Crippen LogP contribution in [0.15, 0.2) is 41.3 Å². The second-order valence-corrected chi connectivity index (χ2v) is 10.3. The van der Waals surface area contributed by atoms with Gasteiger partial charge in [-0.05, 0) is 55.7 Å². The monoisotopic (exact) mass is 476 g/mol. The average molecular weight is 477 g/mol. The number of nitrogens with one attached hydrogen (secondary N) is 2. The van der Waals surface area contributed by atoms with Crippen LogP contribution >= 0.6 is 0 Å². The van der Waals surface area contributed by atoms with Gasteiger partial charge in [0, 0.05) is 18.0 Å². The van der Waals surface area contributed by atoms with Crippen LogP contribution in [0.4, 0.5) is 0 Å². The summed E-state index contributed by atoms with van der Waals surface area (Å²) in [5, 5.41) is 3.04. The quantitative estimate of drug-likeness (QED) is 0.603. The van der Waals surface area contributed by atoms with E-state index in [9.17, 15) is 13.2 Å². The summed E-state index contributed by atoms with van der Waals surface area (Å²) in [6.45, 7) is 8.63. The predicted molar refractivity (Wildman–Crippen MR) is 126 cm³/mol. The van der Waals surface area contributed by atoms with Crippen LogP contribution in [0.1, 0.15) is 56.1 Å². The van der Waals surface area contributed by atoms with E-state index < -0.39 is 10.0 Å². The molecule has 1 atom stereocenters. The van der Waals surface area contributed by atoms with Gasteiger partial charge in [0.15, 0.2) is 11.5 Å². The van der Waals surface area contributed by atoms with E-state index >= 15 is 0 Å². The van der Waals surface area contributed by atoms with Crippen LogP contribution in [0.25, 0.3) is 0 Å². The number of hydrogen-bond donors (Lipinski definition) is 2. The molecule has 9 heteroatoms. The number of carbonyl (C=O) groups is 1. The standard InChI is InChI=1S/C24H32N2O6S/c1-15(2)23(17-7-9-19-21(13-17)32-12-6-11-31-19)25-24(27)18-8-10-20(30-5)22(14-18)33(28,29)26-16(3)4/h7-10,13-16,23,26H,6,11-12H2,1-5H3,(H,25,27). The molecular formula is C24H32N2O6S. The van der Waals surface area contributed by atoms with Gasteiger partial charge in [0.1, 0.15) is 10.6 Å². The minimum absolute atomic E-state index is 0.0720. The molecule has 33 heavy (non-hydrogen) atoms. The Hall–Kier alpha value is -2.78. The first-order valence-corrected chi connectivity index (χ1v) is 12.5. The molecule has 2 aromatic rings. The minimum atomic E-state index is -3.85. The molecule has 1 aliphatic heterocycles. The molecule has 8 nitrogen and oxygen atoms in total. The van der Waals surface area contributed by atoms with Gasteiger partial charge in [0.05, 0.1) is 26.4 Å². The van der Waals surface area contributed by atoms with Crippen molar-refractivity contribution in [2.75, 3.05) is 20.3 Å². The van der Waals surface area contributed by atoms with Crippen LogP contribution < -0.4 is 24.2 Å². The first-order valence-electron chi connectivity index (χ1n) is 11.0. The Bertz CT molecular complexity index is 1100. The maximum atomic E-state index is 13.2. The van der Waals surface area contributed by atoms with Crippen molar-refractivity contribution in [3.63, 3.8) is 0 Å². The Morgan fingerprint density at radius 2 is 1.70 bits per heavy atom. The zero-order valence-corrected chi connectivity index (χ0v) is 20.5. The summed E-state index contributed by atoms with van der Waals surface area (Å²) >= 11 is 0. The highest BCUT2D eigenvalue weighted by Crippen LogP contribution is 2.34. The lowest BCUT2D eigenvalue weighted by Crippen LogP contribution is -2.33. The smallest absolute Gasteiger partial charge is 0.251 e. The molecule has 0 fully saturated rings. The number of methoxy groups -OCH3 is 1. The summed E-state index contributed by atoms with van der Waals surface area (Å²) in [6.07, 6.45) is 0.808. The second kappa shape index (κ2) is 10.4. The highest BCUT2D eigenvalue weighted by atomic mass is 32.2. The molecule has 0 radical (unpaired) electrons. The van der Waals surface area contributed by atoms with Crippen LogP contribution in [-0.4, -0.2) is 40.7 Å². The van der Waals surface area contributed by atoms with E-state index in [0.29, 0.717) is 24.7 Å². The molecule has 0 spiro atoms. The van der Waals surface area contributed by atoms with E-state index in [2.05, 4.69) is 10.0 Å². The summed E-state index contributed by atoms with van der Waals surface area (Å²) < 4.78 is 44.8. The lowest BCUT2D eigenvalue weighted by Gasteiger charge is -2.24. The predicted octanol–water partition coefficient (Wildman–Crippen LogP) is 3.67. The van der Waals surface area contributed by atoms with Crippen molar-refractivity contribution in [2.45, 2.75) is 51.1 Å². The Balaban J connectivity index is 1.90. The van der Waals surface area contributed by atoms with E-state index in [1.807, 2.05) is 32.0 Å². The lowest BCUT2D eigenvalue weighted by atomic mass is 9.95. The number of benzene rings is 2. The zero-order valence-electron chi connectivity index (χ0n) is 19.7. The van der Waals surface area contributed by atoms with E-state index in [-0.39, 0.29) is 40.1 Å². The lowest BCUT2D eigenvalue weighted by molar-refractivity contribution is 0.0925. The molecule has 0 saturated carbocycles. The molecule has 1 amide bonds. The van der Waals surface area contributed by atoms with Crippen molar-refractivity contribution < 1.29 is 27.4 Å². The highest BCUT2D eigenvalue weighted by molar-refractivity contribution is 7.89. The fourth-order valence-electron chi connectivity index (χ4n) is 3.63. The summed E-state index contributed by atoms with van der Waals surface area (Å²) in [4.78, 5) is 13.1. The normalized spacial score (nSPS) is 14.6. The molecule has 2 aromatic carbocycles. The molecule has 180 valence electrons. The van der Waals surface area contributed by atoms with Gasteiger partial charge in [-0.25, -0.2) is 13.1 Å². The molecule has 2 N–H and O–H groups in total. The van der Waals surface area contributed by atoms with Crippen LogP contribution in [0.2, 0.25) is 0 Å². The van der Waals surface area contributed by atoms with Gasteiger partial charge >= 0.3 is 0 Å². The summed E-state index contributed by atoms with van der Waals surface area (Å²) in [6, 6.07) is 9.41. The van der Waals surface area contributed by atoms with Crippen LogP contribution in [0.5, 0.6) is 17.2 Å². The molecule has 0 saturated heterocycles. The Kier molecular flexibility index (Phi) is 7.86. The molecule has 1 aliphatic rings. The summed E-state index contributed by atoms with van der Waals surface area (Å²) in [5.41, 5.74) is 1.10. The number of fused-ring (bicyclic) bond motifs is 1. The molecule has 0 aromatic heterocycles. The van der Waals surface area contributed by atoms with Gasteiger partial charge in [-0.15, -0.1) is 0 Å². The third-order valence-corrected chi connectivity index (χ3v) is 6.87. The molecule has 1 unspecified atom stereocenters. The third kappa shape index (κ3) is 5.97. The number of carbonyl (C=O) groups excluding carboxylic acids is 1. The van der Waals surface area contributed by atoms with E-state index in [1.54, 1.807) is 19.9 Å². The first-order chi connectivity index (χ1) is 15.6. The van der Waals surface area contributed by atoms with Crippen molar-refractivity contribution in [3.05, 3.63) is 47.5 Å². The van der Waals surface area contributed by atoms with Gasteiger partial charge < -0.3 is 19.5 Å². The van der Waals surface area contributed by atoms with Crippen LogP contribution in [0.3, 0.4) is 0 Å². The molecule has 0 bridgehead atoms. The van der Waals surface area contributed by atoms with Gasteiger partial charge in [0.2, 0.25) is 10.0 Å². The van der Waals surface area contributed by atoms with Crippen LogP contribution in [0, 0.1) is 5.92 Å². The molecular weight excluding hydrogens is 444 g/mol. The molecule has 1 heterocycles. The molecule has 0 aliphatic carbocycles. The average Bonchev–Trinajstić information content (AvgIpc) is 3.00. The SMILES string of the molecule is COc1ccc(C(=O)NC(c2ccc3c(c2)OCCCO3)C(C)C)cc1S(=O)(=O)NC(C)C. The summed E-state index contributed by atoms with van der Waals surface area (Å²) in [5.74, 6) is 1.20. The summed E-state index contributed by atoms with van der Waals surface area (Å²) in [7, 11) is -2.46. The van der Waals surface area contributed by atoms with Crippen molar-refractivity contribution in [2.24, 2.45) is 5.92 Å². The topological polar surface area (TPSA) is 103 Å². The van der Waals surface area contributed by atoms with Crippen LogP contribution in [-0.2, 0) is 10.0 Å². The third-order valence-electron chi connectivity index (χ3n) is 5.19. The Labute approximate surface area is 195 Å². The molecule has 3 rings (SSSR count). The highest BCUT2D eigenvalue weighted by Gasteiger charge is 2.25. The second-order valence-electron chi connectivity index (χ2n) is 8.59. The van der Waals surface area contributed by atoms with E-state index in [4.69, 9.17) is 14.2 Å². The number of amides is 1. The fraction of sp³-hybridized carbons (Fsp3) is 0.458.